The normalized spacial score (nSPS) is 32.4. The highest BCUT2D eigenvalue weighted by atomic mass is 32.2. The molecule has 0 amide bonds. The Morgan fingerprint density at radius 3 is 2.41 bits per heavy atom. The fourth-order valence-corrected chi connectivity index (χ4v) is 2.75. The largest absolute Gasteiger partial charge is 0.394 e. The van der Waals surface area contributed by atoms with E-state index in [0.29, 0.717) is 0 Å². The van der Waals surface area contributed by atoms with Gasteiger partial charge in [0.25, 0.3) is 10.1 Å². The van der Waals surface area contributed by atoms with E-state index < -0.39 is 28.1 Å². The summed E-state index contributed by atoms with van der Waals surface area (Å²) in [6.45, 7) is -0.300. The molecule has 1 spiro atoms. The predicted octanol–water partition coefficient (Wildman–Crippen LogP) is 0.00920. The summed E-state index contributed by atoms with van der Waals surface area (Å²) in [6.07, 6.45) is 3.60. The molecule has 0 aromatic heterocycles. The average Bonchev–Trinajstić information content (AvgIpc) is 2.83. The van der Waals surface area contributed by atoms with E-state index in [2.05, 4.69) is 0 Å². The quantitative estimate of drug-likeness (QED) is 0.722. The highest BCUT2D eigenvalue weighted by Crippen LogP contribution is 2.41. The summed E-state index contributed by atoms with van der Waals surface area (Å²) < 4.78 is 38.0. The first-order valence-corrected chi connectivity index (χ1v) is 7.57. The molecule has 1 aliphatic heterocycles. The van der Waals surface area contributed by atoms with Crippen molar-refractivity contribution in [3.8, 4) is 0 Å². The van der Waals surface area contributed by atoms with Gasteiger partial charge in [0.15, 0.2) is 5.79 Å². The third-order valence-electron chi connectivity index (χ3n) is 3.14. The Balaban J connectivity index is 1.97. The molecule has 17 heavy (non-hydrogen) atoms. The molecule has 0 aromatic rings. The molecule has 2 atom stereocenters. The summed E-state index contributed by atoms with van der Waals surface area (Å²) in [5, 5.41) is 9.20. The Morgan fingerprint density at radius 2 is 1.88 bits per heavy atom. The standard InChI is InChI=1S/C10H18O6S/c1-17(12,13)14-7-9-8(6-11)15-10(16-9)4-2-3-5-10/h8-9,11H,2-7H2,1H3/t8-,9-/m1/s1. The molecular formula is C10H18O6S. The van der Waals surface area contributed by atoms with Crippen LogP contribution in [0.5, 0.6) is 0 Å². The van der Waals surface area contributed by atoms with Crippen LogP contribution in [-0.4, -0.2) is 51.0 Å². The minimum Gasteiger partial charge on any atom is -0.394 e. The van der Waals surface area contributed by atoms with Crippen LogP contribution in [0.4, 0.5) is 0 Å². The summed E-state index contributed by atoms with van der Waals surface area (Å²) in [4.78, 5) is 0. The number of ether oxygens (including phenoxy) is 2. The van der Waals surface area contributed by atoms with E-state index >= 15 is 0 Å². The molecule has 6 nitrogen and oxygen atoms in total. The van der Waals surface area contributed by atoms with Crippen molar-refractivity contribution in [2.75, 3.05) is 19.5 Å². The van der Waals surface area contributed by atoms with Gasteiger partial charge in [0.1, 0.15) is 12.2 Å². The van der Waals surface area contributed by atoms with E-state index in [4.69, 9.17) is 13.7 Å². The maximum absolute atomic E-state index is 10.9. The lowest BCUT2D eigenvalue weighted by Crippen LogP contribution is -2.31. The van der Waals surface area contributed by atoms with Gasteiger partial charge >= 0.3 is 0 Å². The van der Waals surface area contributed by atoms with Gasteiger partial charge in [-0.05, 0) is 12.8 Å². The van der Waals surface area contributed by atoms with Gasteiger partial charge in [-0.3, -0.25) is 4.18 Å². The van der Waals surface area contributed by atoms with Crippen molar-refractivity contribution in [2.24, 2.45) is 0 Å². The Morgan fingerprint density at radius 1 is 1.29 bits per heavy atom. The fraction of sp³-hybridized carbons (Fsp3) is 1.00. The summed E-state index contributed by atoms with van der Waals surface area (Å²) >= 11 is 0. The predicted molar refractivity (Wildman–Crippen MR) is 58.8 cm³/mol. The van der Waals surface area contributed by atoms with Gasteiger partial charge in [-0.15, -0.1) is 0 Å². The Labute approximate surface area is 101 Å². The molecule has 1 aliphatic carbocycles. The SMILES string of the molecule is CS(=O)(=O)OC[C@H]1OC2(CCCC2)O[C@@H]1CO. The van der Waals surface area contributed by atoms with Crippen LogP contribution in [0.1, 0.15) is 25.7 Å². The summed E-state index contributed by atoms with van der Waals surface area (Å²) in [7, 11) is -3.50. The van der Waals surface area contributed by atoms with Gasteiger partial charge in [0.05, 0.1) is 19.5 Å². The molecule has 1 N–H and O–H groups in total. The maximum Gasteiger partial charge on any atom is 0.264 e. The van der Waals surface area contributed by atoms with E-state index in [1.807, 2.05) is 0 Å². The Kier molecular flexibility index (Phi) is 3.74. The van der Waals surface area contributed by atoms with Crippen molar-refractivity contribution >= 4 is 10.1 Å². The van der Waals surface area contributed by atoms with Gasteiger partial charge in [-0.2, -0.15) is 8.42 Å². The molecule has 2 aliphatic rings. The van der Waals surface area contributed by atoms with Gasteiger partial charge in [0.2, 0.25) is 0 Å². The molecule has 0 bridgehead atoms. The van der Waals surface area contributed by atoms with Crippen molar-refractivity contribution in [3.05, 3.63) is 0 Å². The Bertz CT molecular complexity index is 359. The highest BCUT2D eigenvalue weighted by molar-refractivity contribution is 7.85. The zero-order valence-corrected chi connectivity index (χ0v) is 10.6. The lowest BCUT2D eigenvalue weighted by Gasteiger charge is -2.21. The van der Waals surface area contributed by atoms with Crippen LogP contribution in [0, 0.1) is 0 Å². The molecular weight excluding hydrogens is 248 g/mol. The van der Waals surface area contributed by atoms with Crippen LogP contribution < -0.4 is 0 Å². The van der Waals surface area contributed by atoms with Crippen LogP contribution in [0.15, 0.2) is 0 Å². The molecule has 2 rings (SSSR count). The molecule has 0 aromatic carbocycles. The average molecular weight is 266 g/mol. The number of rotatable bonds is 4. The fourth-order valence-electron chi connectivity index (χ4n) is 2.37. The second kappa shape index (κ2) is 4.81. The monoisotopic (exact) mass is 266 g/mol. The van der Waals surface area contributed by atoms with Crippen molar-refractivity contribution in [1.29, 1.82) is 0 Å². The van der Waals surface area contributed by atoms with Crippen molar-refractivity contribution in [3.63, 3.8) is 0 Å². The van der Waals surface area contributed by atoms with Gasteiger partial charge < -0.3 is 14.6 Å². The highest BCUT2D eigenvalue weighted by Gasteiger charge is 2.49. The number of aliphatic hydroxyl groups is 1. The van der Waals surface area contributed by atoms with Crippen LogP contribution in [-0.2, 0) is 23.8 Å². The molecule has 1 heterocycles. The first-order valence-electron chi connectivity index (χ1n) is 5.75. The molecule has 1 saturated carbocycles. The minimum absolute atomic E-state index is 0.105. The zero-order chi connectivity index (χ0) is 12.5. The first kappa shape index (κ1) is 13.2. The number of aliphatic hydroxyl groups excluding tert-OH is 1. The van der Waals surface area contributed by atoms with Crippen LogP contribution in [0.25, 0.3) is 0 Å². The molecule has 2 fully saturated rings. The number of hydrogen-bond acceptors (Lipinski definition) is 6. The smallest absolute Gasteiger partial charge is 0.264 e. The van der Waals surface area contributed by atoms with Gasteiger partial charge in [-0.25, -0.2) is 0 Å². The van der Waals surface area contributed by atoms with E-state index in [-0.39, 0.29) is 13.2 Å². The van der Waals surface area contributed by atoms with E-state index in [9.17, 15) is 13.5 Å². The van der Waals surface area contributed by atoms with E-state index in [1.165, 1.54) is 0 Å². The third kappa shape index (κ3) is 3.17. The van der Waals surface area contributed by atoms with Crippen molar-refractivity contribution < 1.29 is 27.2 Å². The van der Waals surface area contributed by atoms with Crippen molar-refractivity contribution in [1.82, 2.24) is 0 Å². The third-order valence-corrected chi connectivity index (χ3v) is 3.70. The summed E-state index contributed by atoms with van der Waals surface area (Å²) in [6, 6.07) is 0. The van der Waals surface area contributed by atoms with Gasteiger partial charge in [0, 0.05) is 12.8 Å². The second-order valence-corrected chi connectivity index (χ2v) is 6.25. The molecule has 0 radical (unpaired) electrons. The van der Waals surface area contributed by atoms with Gasteiger partial charge in [-0.1, -0.05) is 0 Å². The Hall–Kier alpha value is -0.210. The second-order valence-electron chi connectivity index (χ2n) is 4.60. The first-order chi connectivity index (χ1) is 7.94. The summed E-state index contributed by atoms with van der Waals surface area (Å²) in [5.74, 6) is -0.626. The lowest BCUT2D eigenvalue weighted by molar-refractivity contribution is -0.173. The van der Waals surface area contributed by atoms with Crippen LogP contribution >= 0.6 is 0 Å². The molecule has 100 valence electrons. The number of hydrogen-bond donors (Lipinski definition) is 1. The maximum atomic E-state index is 10.9. The molecule has 7 heteroatoms. The lowest BCUT2D eigenvalue weighted by atomic mass is 10.2. The minimum atomic E-state index is -3.50. The summed E-state index contributed by atoms with van der Waals surface area (Å²) in [5.41, 5.74) is 0. The van der Waals surface area contributed by atoms with E-state index in [0.717, 1.165) is 31.9 Å². The van der Waals surface area contributed by atoms with E-state index in [1.54, 1.807) is 0 Å². The topological polar surface area (TPSA) is 82.1 Å². The zero-order valence-electron chi connectivity index (χ0n) is 9.79. The van der Waals surface area contributed by atoms with Crippen molar-refractivity contribution in [2.45, 2.75) is 43.7 Å². The molecule has 0 unspecified atom stereocenters. The van der Waals surface area contributed by atoms with Crippen LogP contribution in [0.2, 0.25) is 0 Å². The van der Waals surface area contributed by atoms with Crippen LogP contribution in [0.3, 0.4) is 0 Å². The molecule has 1 saturated heterocycles.